The monoisotopic (exact) mass is 272 g/mol. The SMILES string of the molecule is COC(=O)C(C)S(=O)(=O)NCc1ccc(N)cc1. The summed E-state index contributed by atoms with van der Waals surface area (Å²) in [6, 6.07) is 6.77. The molecule has 0 aliphatic rings. The summed E-state index contributed by atoms with van der Waals surface area (Å²) in [4.78, 5) is 11.2. The van der Waals surface area contributed by atoms with Gasteiger partial charge in [-0.1, -0.05) is 12.1 Å². The summed E-state index contributed by atoms with van der Waals surface area (Å²) in [6.45, 7) is 1.38. The summed E-state index contributed by atoms with van der Waals surface area (Å²) in [5.41, 5.74) is 6.87. The second kappa shape index (κ2) is 5.83. The number of methoxy groups -OCH3 is 1. The van der Waals surface area contributed by atoms with Crippen LogP contribution in [0.1, 0.15) is 12.5 Å². The molecule has 0 heterocycles. The molecule has 3 N–H and O–H groups in total. The lowest BCUT2D eigenvalue weighted by molar-refractivity contribution is -0.139. The first-order chi connectivity index (χ1) is 8.36. The molecule has 0 spiro atoms. The highest BCUT2D eigenvalue weighted by Crippen LogP contribution is 2.07. The van der Waals surface area contributed by atoms with Gasteiger partial charge in [0.2, 0.25) is 10.0 Å². The van der Waals surface area contributed by atoms with Crippen molar-refractivity contribution in [2.45, 2.75) is 18.7 Å². The maximum absolute atomic E-state index is 11.7. The van der Waals surface area contributed by atoms with E-state index < -0.39 is 21.2 Å². The Bertz CT molecular complexity index is 510. The number of ether oxygens (including phenoxy) is 1. The summed E-state index contributed by atoms with van der Waals surface area (Å²) >= 11 is 0. The molecule has 1 aromatic carbocycles. The van der Waals surface area contributed by atoms with Crippen molar-refractivity contribution in [3.8, 4) is 0 Å². The Labute approximate surface area is 106 Å². The molecule has 0 aromatic heterocycles. The Hall–Kier alpha value is -1.60. The van der Waals surface area contributed by atoms with Crippen LogP contribution in [0.2, 0.25) is 0 Å². The molecule has 0 bridgehead atoms. The molecule has 0 radical (unpaired) electrons. The average molecular weight is 272 g/mol. The summed E-state index contributed by atoms with van der Waals surface area (Å²) in [7, 11) is -2.59. The molecule has 0 aliphatic heterocycles. The van der Waals surface area contributed by atoms with Crippen molar-refractivity contribution in [1.82, 2.24) is 4.72 Å². The van der Waals surface area contributed by atoms with Gasteiger partial charge in [0.15, 0.2) is 5.25 Å². The third-order valence-corrected chi connectivity index (χ3v) is 4.13. The lowest BCUT2D eigenvalue weighted by atomic mass is 10.2. The predicted octanol–water partition coefficient (Wildman–Crippen LogP) is 0.250. The molecule has 0 amide bonds. The van der Waals surface area contributed by atoms with Crippen LogP contribution >= 0.6 is 0 Å². The van der Waals surface area contributed by atoms with Crippen molar-refractivity contribution in [2.75, 3.05) is 12.8 Å². The molecular formula is C11H16N2O4S. The highest BCUT2D eigenvalue weighted by Gasteiger charge is 2.28. The van der Waals surface area contributed by atoms with E-state index in [-0.39, 0.29) is 6.54 Å². The van der Waals surface area contributed by atoms with Gasteiger partial charge in [-0.2, -0.15) is 0 Å². The van der Waals surface area contributed by atoms with Gasteiger partial charge in [0.05, 0.1) is 7.11 Å². The number of carbonyl (C=O) groups excluding carboxylic acids is 1. The van der Waals surface area contributed by atoms with Crippen LogP contribution in [-0.4, -0.2) is 26.7 Å². The molecule has 1 atom stereocenters. The number of anilines is 1. The van der Waals surface area contributed by atoms with Gasteiger partial charge >= 0.3 is 5.97 Å². The topological polar surface area (TPSA) is 98.5 Å². The molecule has 6 nitrogen and oxygen atoms in total. The molecule has 18 heavy (non-hydrogen) atoms. The second-order valence-corrected chi connectivity index (χ2v) is 5.86. The number of hydrogen-bond donors (Lipinski definition) is 2. The largest absolute Gasteiger partial charge is 0.468 e. The van der Waals surface area contributed by atoms with E-state index in [0.717, 1.165) is 12.7 Å². The van der Waals surface area contributed by atoms with Crippen molar-refractivity contribution in [3.05, 3.63) is 29.8 Å². The number of sulfonamides is 1. The van der Waals surface area contributed by atoms with Crippen molar-refractivity contribution in [2.24, 2.45) is 0 Å². The van der Waals surface area contributed by atoms with Gasteiger partial charge in [-0.3, -0.25) is 4.79 Å². The summed E-state index contributed by atoms with van der Waals surface area (Å²) < 4.78 is 30.2. The van der Waals surface area contributed by atoms with Crippen LogP contribution in [-0.2, 0) is 26.1 Å². The van der Waals surface area contributed by atoms with Gasteiger partial charge in [0.25, 0.3) is 0 Å². The molecule has 100 valence electrons. The molecule has 0 saturated carbocycles. The summed E-state index contributed by atoms with van der Waals surface area (Å²) in [5, 5.41) is -1.24. The second-order valence-electron chi connectivity index (χ2n) is 3.77. The molecule has 1 unspecified atom stereocenters. The Kier molecular flexibility index (Phi) is 4.69. The van der Waals surface area contributed by atoms with E-state index in [0.29, 0.717) is 5.69 Å². The standard InChI is InChI=1S/C11H16N2O4S/c1-8(11(14)17-2)18(15,16)13-7-9-3-5-10(12)6-4-9/h3-6,8,13H,7,12H2,1-2H3. The van der Waals surface area contributed by atoms with Crippen LogP contribution in [0.25, 0.3) is 0 Å². The zero-order valence-electron chi connectivity index (χ0n) is 10.2. The Balaban J connectivity index is 2.67. The van der Waals surface area contributed by atoms with E-state index in [2.05, 4.69) is 9.46 Å². The first kappa shape index (κ1) is 14.5. The first-order valence-electron chi connectivity index (χ1n) is 5.27. The number of carbonyl (C=O) groups is 1. The lowest BCUT2D eigenvalue weighted by Crippen LogP contribution is -2.37. The summed E-state index contributed by atoms with van der Waals surface area (Å²) in [5.74, 6) is -0.792. The fourth-order valence-electron chi connectivity index (χ4n) is 1.24. The average Bonchev–Trinajstić information content (AvgIpc) is 2.36. The molecule has 0 aliphatic carbocycles. The van der Waals surface area contributed by atoms with Gasteiger partial charge in [-0.15, -0.1) is 0 Å². The fraction of sp³-hybridized carbons (Fsp3) is 0.364. The van der Waals surface area contributed by atoms with Gasteiger partial charge in [0, 0.05) is 12.2 Å². The maximum atomic E-state index is 11.7. The zero-order chi connectivity index (χ0) is 13.8. The Morgan fingerprint density at radius 1 is 1.39 bits per heavy atom. The minimum Gasteiger partial charge on any atom is -0.468 e. The van der Waals surface area contributed by atoms with Gasteiger partial charge in [-0.05, 0) is 24.6 Å². The first-order valence-corrected chi connectivity index (χ1v) is 6.82. The number of nitrogen functional groups attached to an aromatic ring is 1. The third-order valence-electron chi connectivity index (χ3n) is 2.46. The molecule has 0 saturated heterocycles. The van der Waals surface area contributed by atoms with Crippen molar-refractivity contribution in [1.29, 1.82) is 0 Å². The Morgan fingerprint density at radius 3 is 2.44 bits per heavy atom. The van der Waals surface area contributed by atoms with Crippen LogP contribution in [0.3, 0.4) is 0 Å². The van der Waals surface area contributed by atoms with E-state index in [1.54, 1.807) is 24.3 Å². The normalized spacial score (nSPS) is 13.0. The quantitative estimate of drug-likeness (QED) is 0.591. The molecule has 7 heteroatoms. The Morgan fingerprint density at radius 2 is 1.94 bits per heavy atom. The van der Waals surface area contributed by atoms with Crippen molar-refractivity contribution >= 4 is 21.7 Å². The minimum absolute atomic E-state index is 0.101. The van der Waals surface area contributed by atoms with Gasteiger partial charge < -0.3 is 10.5 Å². The molecular weight excluding hydrogens is 256 g/mol. The van der Waals surface area contributed by atoms with Crippen LogP contribution in [0.4, 0.5) is 5.69 Å². The smallest absolute Gasteiger partial charge is 0.325 e. The third kappa shape index (κ3) is 3.71. The number of hydrogen-bond acceptors (Lipinski definition) is 5. The highest BCUT2D eigenvalue weighted by molar-refractivity contribution is 7.90. The highest BCUT2D eigenvalue weighted by atomic mass is 32.2. The number of esters is 1. The van der Waals surface area contributed by atoms with Crippen LogP contribution in [0.5, 0.6) is 0 Å². The maximum Gasteiger partial charge on any atom is 0.325 e. The van der Waals surface area contributed by atoms with E-state index >= 15 is 0 Å². The van der Waals surface area contributed by atoms with Crippen LogP contribution in [0, 0.1) is 0 Å². The predicted molar refractivity (Wildman–Crippen MR) is 68.1 cm³/mol. The molecule has 0 fully saturated rings. The van der Waals surface area contributed by atoms with E-state index in [1.807, 2.05) is 0 Å². The molecule has 1 rings (SSSR count). The van der Waals surface area contributed by atoms with Crippen LogP contribution in [0.15, 0.2) is 24.3 Å². The van der Waals surface area contributed by atoms with Gasteiger partial charge in [-0.25, -0.2) is 13.1 Å². The van der Waals surface area contributed by atoms with Gasteiger partial charge in [0.1, 0.15) is 0 Å². The summed E-state index contributed by atoms with van der Waals surface area (Å²) in [6.07, 6.45) is 0. The number of nitrogens with one attached hydrogen (secondary N) is 1. The van der Waals surface area contributed by atoms with E-state index in [4.69, 9.17) is 5.73 Å². The fourth-order valence-corrected chi connectivity index (χ4v) is 2.20. The van der Waals surface area contributed by atoms with Crippen molar-refractivity contribution in [3.63, 3.8) is 0 Å². The number of nitrogens with two attached hydrogens (primary N) is 1. The number of benzene rings is 1. The minimum atomic E-state index is -3.74. The van der Waals surface area contributed by atoms with E-state index in [9.17, 15) is 13.2 Å². The van der Waals surface area contributed by atoms with Crippen molar-refractivity contribution < 1.29 is 17.9 Å². The molecule has 1 aromatic rings. The number of rotatable bonds is 5. The zero-order valence-corrected chi connectivity index (χ0v) is 11.0. The van der Waals surface area contributed by atoms with Crippen LogP contribution < -0.4 is 10.5 Å². The lowest BCUT2D eigenvalue weighted by Gasteiger charge is -2.12. The van der Waals surface area contributed by atoms with E-state index in [1.165, 1.54) is 6.92 Å².